The first kappa shape index (κ1) is 14.6. The van der Waals surface area contributed by atoms with Gasteiger partial charge < -0.3 is 10.2 Å². The first-order chi connectivity index (χ1) is 9.60. The summed E-state index contributed by atoms with van der Waals surface area (Å²) >= 11 is 0. The number of carbonyl (C=O) groups excluding carboxylic acids is 2. The topological polar surface area (TPSA) is 49.4 Å². The third-order valence-electron chi connectivity index (χ3n) is 3.66. The van der Waals surface area contributed by atoms with Crippen molar-refractivity contribution < 1.29 is 9.59 Å². The standard InChI is InChI=1S/C16H22N2O2/c1-3-15(19)17-14-8-4-7-13(10-14)16(20)18-9-5-6-12(2)11-18/h4,7-8,10,12H,3,5-6,9,11H2,1-2H3,(H,17,19). The van der Waals surface area contributed by atoms with E-state index >= 15 is 0 Å². The van der Waals surface area contributed by atoms with Crippen molar-refractivity contribution in [3.05, 3.63) is 29.8 Å². The highest BCUT2D eigenvalue weighted by Crippen LogP contribution is 2.19. The highest BCUT2D eigenvalue weighted by Gasteiger charge is 2.22. The molecule has 1 aromatic carbocycles. The molecule has 0 aliphatic carbocycles. The van der Waals surface area contributed by atoms with Crippen molar-refractivity contribution in [2.24, 2.45) is 5.92 Å². The van der Waals surface area contributed by atoms with Crippen LogP contribution in [0.15, 0.2) is 24.3 Å². The summed E-state index contributed by atoms with van der Waals surface area (Å²) in [6, 6.07) is 7.19. The molecule has 108 valence electrons. The van der Waals surface area contributed by atoms with Gasteiger partial charge in [0.15, 0.2) is 0 Å². The molecule has 4 heteroatoms. The molecule has 1 N–H and O–H groups in total. The van der Waals surface area contributed by atoms with Gasteiger partial charge in [-0.1, -0.05) is 19.9 Å². The SMILES string of the molecule is CCC(=O)Nc1cccc(C(=O)N2CCCC(C)C2)c1. The molecule has 1 atom stereocenters. The van der Waals surface area contributed by atoms with Gasteiger partial charge in [-0.2, -0.15) is 0 Å². The fourth-order valence-electron chi connectivity index (χ4n) is 2.54. The monoisotopic (exact) mass is 274 g/mol. The Bertz CT molecular complexity index is 499. The van der Waals surface area contributed by atoms with Crippen molar-refractivity contribution in [1.82, 2.24) is 4.90 Å². The minimum Gasteiger partial charge on any atom is -0.338 e. The smallest absolute Gasteiger partial charge is 0.253 e. The Kier molecular flexibility index (Phi) is 4.77. The molecule has 2 rings (SSSR count). The molecule has 0 bridgehead atoms. The number of anilines is 1. The van der Waals surface area contributed by atoms with Crippen molar-refractivity contribution in [2.45, 2.75) is 33.1 Å². The number of nitrogens with zero attached hydrogens (tertiary/aromatic N) is 1. The molecule has 1 unspecified atom stereocenters. The minimum atomic E-state index is -0.0406. The average Bonchev–Trinajstić information content (AvgIpc) is 2.46. The fourth-order valence-corrected chi connectivity index (χ4v) is 2.54. The number of amides is 2. The maximum atomic E-state index is 12.5. The summed E-state index contributed by atoms with van der Waals surface area (Å²) in [5, 5.41) is 2.79. The molecule has 0 saturated carbocycles. The summed E-state index contributed by atoms with van der Waals surface area (Å²) in [6.45, 7) is 5.63. The lowest BCUT2D eigenvalue weighted by Crippen LogP contribution is -2.39. The summed E-state index contributed by atoms with van der Waals surface area (Å²) in [5.74, 6) is 0.584. The molecule has 20 heavy (non-hydrogen) atoms. The van der Waals surface area contributed by atoms with Gasteiger partial charge in [-0.3, -0.25) is 9.59 Å². The van der Waals surface area contributed by atoms with Crippen LogP contribution in [-0.4, -0.2) is 29.8 Å². The quantitative estimate of drug-likeness (QED) is 0.921. The van der Waals surface area contributed by atoms with Gasteiger partial charge in [-0.05, 0) is 37.0 Å². The summed E-state index contributed by atoms with van der Waals surface area (Å²) in [4.78, 5) is 25.8. The molecule has 0 spiro atoms. The highest BCUT2D eigenvalue weighted by atomic mass is 16.2. The zero-order valence-corrected chi connectivity index (χ0v) is 12.2. The predicted molar refractivity (Wildman–Crippen MR) is 79.7 cm³/mol. The van der Waals surface area contributed by atoms with E-state index in [0.29, 0.717) is 23.6 Å². The lowest BCUT2D eigenvalue weighted by molar-refractivity contribution is -0.115. The van der Waals surface area contributed by atoms with E-state index in [1.807, 2.05) is 23.1 Å². The molecule has 1 fully saturated rings. The molecule has 0 radical (unpaired) electrons. The molecule has 2 amide bonds. The number of hydrogen-bond donors (Lipinski definition) is 1. The van der Waals surface area contributed by atoms with Crippen LogP contribution in [0.25, 0.3) is 0 Å². The fraction of sp³-hybridized carbons (Fsp3) is 0.500. The van der Waals surface area contributed by atoms with Gasteiger partial charge in [0.25, 0.3) is 5.91 Å². The van der Waals surface area contributed by atoms with E-state index in [1.54, 1.807) is 13.0 Å². The van der Waals surface area contributed by atoms with Gasteiger partial charge in [0, 0.05) is 30.8 Å². The predicted octanol–water partition coefficient (Wildman–Crippen LogP) is 2.91. The molecule has 1 aliphatic rings. The number of benzene rings is 1. The molecule has 1 saturated heterocycles. The van der Waals surface area contributed by atoms with E-state index in [-0.39, 0.29) is 11.8 Å². The zero-order chi connectivity index (χ0) is 14.5. The number of carbonyl (C=O) groups is 2. The van der Waals surface area contributed by atoms with Crippen LogP contribution >= 0.6 is 0 Å². The van der Waals surface area contributed by atoms with E-state index in [4.69, 9.17) is 0 Å². The van der Waals surface area contributed by atoms with E-state index in [2.05, 4.69) is 12.2 Å². The third-order valence-corrected chi connectivity index (χ3v) is 3.66. The van der Waals surface area contributed by atoms with Crippen molar-refractivity contribution in [3.63, 3.8) is 0 Å². The van der Waals surface area contributed by atoms with E-state index < -0.39 is 0 Å². The Morgan fingerprint density at radius 2 is 2.20 bits per heavy atom. The number of hydrogen-bond acceptors (Lipinski definition) is 2. The van der Waals surface area contributed by atoms with Crippen LogP contribution in [0.4, 0.5) is 5.69 Å². The van der Waals surface area contributed by atoms with E-state index in [9.17, 15) is 9.59 Å². The lowest BCUT2D eigenvalue weighted by atomic mass is 9.99. The maximum absolute atomic E-state index is 12.5. The molecule has 0 aromatic heterocycles. The van der Waals surface area contributed by atoms with Crippen LogP contribution in [0.1, 0.15) is 43.5 Å². The number of likely N-dealkylation sites (tertiary alicyclic amines) is 1. The van der Waals surface area contributed by atoms with Crippen LogP contribution in [0.3, 0.4) is 0 Å². The summed E-state index contributed by atoms with van der Waals surface area (Å²) in [6.07, 6.45) is 2.69. The first-order valence-electron chi connectivity index (χ1n) is 7.29. The Balaban J connectivity index is 2.09. The van der Waals surface area contributed by atoms with Crippen molar-refractivity contribution in [1.29, 1.82) is 0 Å². The van der Waals surface area contributed by atoms with Gasteiger partial charge in [0.1, 0.15) is 0 Å². The normalized spacial score (nSPS) is 18.7. The van der Waals surface area contributed by atoms with Crippen molar-refractivity contribution in [2.75, 3.05) is 18.4 Å². The largest absolute Gasteiger partial charge is 0.338 e. The van der Waals surface area contributed by atoms with Gasteiger partial charge >= 0.3 is 0 Å². The summed E-state index contributed by atoms with van der Waals surface area (Å²) in [5.41, 5.74) is 1.33. The average molecular weight is 274 g/mol. The maximum Gasteiger partial charge on any atom is 0.253 e. The second-order valence-corrected chi connectivity index (χ2v) is 5.48. The Morgan fingerprint density at radius 3 is 2.90 bits per heavy atom. The van der Waals surface area contributed by atoms with Crippen molar-refractivity contribution in [3.8, 4) is 0 Å². The Morgan fingerprint density at radius 1 is 1.40 bits per heavy atom. The zero-order valence-electron chi connectivity index (χ0n) is 12.2. The first-order valence-corrected chi connectivity index (χ1v) is 7.29. The molecule has 1 aliphatic heterocycles. The second kappa shape index (κ2) is 6.55. The molecular weight excluding hydrogens is 252 g/mol. The van der Waals surface area contributed by atoms with Crippen LogP contribution in [0.5, 0.6) is 0 Å². The van der Waals surface area contributed by atoms with Crippen molar-refractivity contribution >= 4 is 17.5 Å². The molecule has 1 heterocycles. The minimum absolute atomic E-state index is 0.0406. The van der Waals surface area contributed by atoms with Gasteiger partial charge in [0.2, 0.25) is 5.91 Å². The second-order valence-electron chi connectivity index (χ2n) is 5.48. The number of rotatable bonds is 3. The Labute approximate surface area is 120 Å². The van der Waals surface area contributed by atoms with Gasteiger partial charge in [-0.25, -0.2) is 0 Å². The van der Waals surface area contributed by atoms with E-state index in [0.717, 1.165) is 19.5 Å². The van der Waals surface area contributed by atoms with Gasteiger partial charge in [-0.15, -0.1) is 0 Å². The van der Waals surface area contributed by atoms with E-state index in [1.165, 1.54) is 6.42 Å². The molecule has 4 nitrogen and oxygen atoms in total. The molecule has 1 aromatic rings. The summed E-state index contributed by atoms with van der Waals surface area (Å²) < 4.78 is 0. The van der Waals surface area contributed by atoms with Crippen LogP contribution in [-0.2, 0) is 4.79 Å². The summed E-state index contributed by atoms with van der Waals surface area (Å²) in [7, 11) is 0. The Hall–Kier alpha value is -1.84. The third kappa shape index (κ3) is 3.59. The van der Waals surface area contributed by atoms with Crippen LogP contribution in [0, 0.1) is 5.92 Å². The van der Waals surface area contributed by atoms with Crippen LogP contribution in [0.2, 0.25) is 0 Å². The molecular formula is C16H22N2O2. The van der Waals surface area contributed by atoms with Crippen LogP contribution < -0.4 is 5.32 Å². The van der Waals surface area contributed by atoms with Gasteiger partial charge in [0.05, 0.1) is 0 Å². The number of nitrogens with one attached hydrogen (secondary N) is 1. The number of piperidine rings is 1. The lowest BCUT2D eigenvalue weighted by Gasteiger charge is -2.31. The highest BCUT2D eigenvalue weighted by molar-refractivity contribution is 5.97.